The number of nitrogens with two attached hydrogens (primary N) is 1. The number of carbonyl (C=O) groups is 2. The first-order valence-electron chi connectivity index (χ1n) is 18.0. The molecule has 0 saturated heterocycles. The molecule has 0 saturated carbocycles. The first kappa shape index (κ1) is 46.4. The number of allylic oxidation sites excluding steroid dienone is 12. The van der Waals surface area contributed by atoms with Gasteiger partial charge < -0.3 is 25.2 Å². The summed E-state index contributed by atoms with van der Waals surface area (Å²) < 4.78 is 33.1. The number of carboxylic acid groups (broad SMARTS) is 1. The number of carbonyl (C=O) groups excluding carboxylic acids is 1. The van der Waals surface area contributed by atoms with E-state index < -0.39 is 45.1 Å². The Kier molecular flexibility index (Phi) is 32.1. The minimum atomic E-state index is -4.63. The van der Waals surface area contributed by atoms with Crippen LogP contribution in [-0.2, 0) is 32.7 Å². The first-order chi connectivity index (χ1) is 23.7. The van der Waals surface area contributed by atoms with Gasteiger partial charge >= 0.3 is 19.8 Å². The normalized spacial score (nSPS) is 15.0. The molecule has 0 aliphatic rings. The third kappa shape index (κ3) is 33.7. The summed E-state index contributed by atoms with van der Waals surface area (Å²) in [4.78, 5) is 33.3. The SMILES string of the molecule is CC/C=C\C/C=C\C/C=C\CCCCCCOCC(COP(=O)(O)OCC(N)C(=O)O)OC(=O)CCCCC/C=C\C/C=C\C/C=C\CC. The molecule has 0 aromatic rings. The molecule has 0 radical (unpaired) electrons. The highest BCUT2D eigenvalue weighted by Crippen LogP contribution is 2.43. The van der Waals surface area contributed by atoms with Crippen molar-refractivity contribution in [2.24, 2.45) is 5.73 Å². The van der Waals surface area contributed by atoms with Crippen molar-refractivity contribution in [3.63, 3.8) is 0 Å². The lowest BCUT2D eigenvalue weighted by Crippen LogP contribution is -2.34. The standard InChI is InChI=1S/C38H64NO9P/c1-3-5-7-9-11-13-15-17-19-21-23-25-27-29-31-45-32-35(33-46-49(43,44)47-34-36(39)38(41)42)48-37(40)30-28-26-24-22-20-18-16-14-12-10-8-6-4-2/h5-8,11-14,17-20,35-36H,3-4,9-10,15-16,21-34,39H2,1-2H3,(H,41,42)(H,43,44)/b7-5-,8-6-,13-11-,14-12-,19-17-,20-18-. The highest BCUT2D eigenvalue weighted by atomic mass is 31.2. The van der Waals surface area contributed by atoms with Gasteiger partial charge in [0.15, 0.2) is 0 Å². The molecule has 0 spiro atoms. The summed E-state index contributed by atoms with van der Waals surface area (Å²) in [5, 5.41) is 8.85. The summed E-state index contributed by atoms with van der Waals surface area (Å²) in [5.41, 5.74) is 5.32. The topological polar surface area (TPSA) is 155 Å². The summed E-state index contributed by atoms with van der Waals surface area (Å²) in [6, 6.07) is -1.48. The van der Waals surface area contributed by atoms with Gasteiger partial charge in [0.2, 0.25) is 0 Å². The van der Waals surface area contributed by atoms with Crippen LogP contribution in [0, 0.1) is 0 Å². The molecule has 3 unspecified atom stereocenters. The number of aliphatic carboxylic acids is 1. The quantitative estimate of drug-likeness (QED) is 0.0260. The van der Waals surface area contributed by atoms with Crippen molar-refractivity contribution in [1.29, 1.82) is 0 Å². The minimum absolute atomic E-state index is 0.0149. The van der Waals surface area contributed by atoms with Crippen molar-refractivity contribution in [1.82, 2.24) is 0 Å². The van der Waals surface area contributed by atoms with Crippen LogP contribution in [0.25, 0.3) is 0 Å². The predicted octanol–water partition coefficient (Wildman–Crippen LogP) is 9.08. The maximum atomic E-state index is 12.5. The van der Waals surface area contributed by atoms with Crippen molar-refractivity contribution >= 4 is 19.8 Å². The number of hydrogen-bond donors (Lipinski definition) is 3. The van der Waals surface area contributed by atoms with Crippen molar-refractivity contribution in [2.45, 2.75) is 129 Å². The van der Waals surface area contributed by atoms with Gasteiger partial charge in [-0.15, -0.1) is 0 Å². The summed E-state index contributed by atoms with van der Waals surface area (Å²) in [5.74, 6) is -1.83. The zero-order chi connectivity index (χ0) is 36.3. The van der Waals surface area contributed by atoms with Crippen LogP contribution in [0.15, 0.2) is 72.9 Å². The second-order valence-electron chi connectivity index (χ2n) is 11.6. The molecule has 0 aromatic heterocycles. The van der Waals surface area contributed by atoms with Crippen molar-refractivity contribution in [3.8, 4) is 0 Å². The second kappa shape index (κ2) is 33.9. The molecule has 0 bridgehead atoms. The van der Waals surface area contributed by atoms with Gasteiger partial charge in [0, 0.05) is 13.0 Å². The van der Waals surface area contributed by atoms with Crippen molar-refractivity contribution in [3.05, 3.63) is 72.9 Å². The van der Waals surface area contributed by atoms with Crippen molar-refractivity contribution in [2.75, 3.05) is 26.4 Å². The Hall–Kier alpha value is -2.59. The van der Waals surface area contributed by atoms with Gasteiger partial charge in [-0.1, -0.05) is 106 Å². The lowest BCUT2D eigenvalue weighted by molar-refractivity contribution is -0.154. The van der Waals surface area contributed by atoms with E-state index in [1.165, 1.54) is 0 Å². The molecule has 0 aromatic carbocycles. The van der Waals surface area contributed by atoms with Crippen LogP contribution in [0.4, 0.5) is 0 Å². The molecule has 4 N–H and O–H groups in total. The molecule has 3 atom stereocenters. The average molecular weight is 710 g/mol. The fraction of sp³-hybridized carbons (Fsp3) is 0.632. The van der Waals surface area contributed by atoms with Crippen LogP contribution < -0.4 is 5.73 Å². The number of carboxylic acids is 1. The van der Waals surface area contributed by atoms with Gasteiger partial charge in [0.25, 0.3) is 0 Å². The minimum Gasteiger partial charge on any atom is -0.480 e. The molecule has 0 heterocycles. The summed E-state index contributed by atoms with van der Waals surface area (Å²) in [7, 11) is -4.63. The van der Waals surface area contributed by atoms with Crippen LogP contribution in [0.1, 0.15) is 117 Å². The van der Waals surface area contributed by atoms with E-state index in [9.17, 15) is 19.0 Å². The van der Waals surface area contributed by atoms with Gasteiger partial charge in [-0.2, -0.15) is 0 Å². The largest absolute Gasteiger partial charge is 0.480 e. The zero-order valence-corrected chi connectivity index (χ0v) is 30.9. The van der Waals surface area contributed by atoms with Crippen LogP contribution in [0.5, 0.6) is 0 Å². The van der Waals surface area contributed by atoms with Crippen LogP contribution in [-0.4, -0.2) is 60.5 Å². The van der Waals surface area contributed by atoms with Crippen molar-refractivity contribution < 1.29 is 42.7 Å². The van der Waals surface area contributed by atoms with E-state index in [0.717, 1.165) is 89.9 Å². The van der Waals surface area contributed by atoms with Gasteiger partial charge in [-0.25, -0.2) is 4.57 Å². The zero-order valence-electron chi connectivity index (χ0n) is 30.0. The maximum absolute atomic E-state index is 12.5. The van der Waals surface area contributed by atoms with Crippen LogP contribution in [0.3, 0.4) is 0 Å². The van der Waals surface area contributed by atoms with E-state index in [0.29, 0.717) is 13.0 Å². The lowest BCUT2D eigenvalue weighted by Gasteiger charge is -2.20. The van der Waals surface area contributed by atoms with E-state index in [2.05, 4.69) is 91.3 Å². The first-order valence-corrected chi connectivity index (χ1v) is 19.5. The maximum Gasteiger partial charge on any atom is 0.472 e. The molecule has 0 fully saturated rings. The fourth-order valence-electron chi connectivity index (χ4n) is 4.22. The summed E-state index contributed by atoms with van der Waals surface area (Å²) in [6.45, 7) is 3.51. The number of phosphoric acid groups is 1. The summed E-state index contributed by atoms with van der Waals surface area (Å²) >= 11 is 0. The molecule has 11 heteroatoms. The molecule has 49 heavy (non-hydrogen) atoms. The highest BCUT2D eigenvalue weighted by Gasteiger charge is 2.27. The Labute approximate surface area is 295 Å². The second-order valence-corrected chi connectivity index (χ2v) is 13.0. The number of hydrogen-bond acceptors (Lipinski definition) is 8. The average Bonchev–Trinajstić information content (AvgIpc) is 3.07. The van der Waals surface area contributed by atoms with Crippen LogP contribution >= 0.6 is 7.82 Å². The van der Waals surface area contributed by atoms with Gasteiger partial charge in [0.05, 0.1) is 19.8 Å². The monoisotopic (exact) mass is 709 g/mol. The van der Waals surface area contributed by atoms with Crippen LogP contribution in [0.2, 0.25) is 0 Å². The third-order valence-electron chi connectivity index (χ3n) is 6.98. The smallest absolute Gasteiger partial charge is 0.472 e. The molecule has 0 amide bonds. The van der Waals surface area contributed by atoms with E-state index in [4.69, 9.17) is 24.8 Å². The molecule has 0 aliphatic carbocycles. The molecule has 10 nitrogen and oxygen atoms in total. The Bertz CT molecular complexity index is 1050. The highest BCUT2D eigenvalue weighted by molar-refractivity contribution is 7.47. The number of unbranched alkanes of at least 4 members (excludes halogenated alkanes) is 7. The van der Waals surface area contributed by atoms with E-state index >= 15 is 0 Å². The molecular formula is C38H64NO9P. The number of ether oxygens (including phenoxy) is 2. The van der Waals surface area contributed by atoms with E-state index in [-0.39, 0.29) is 13.0 Å². The fourth-order valence-corrected chi connectivity index (χ4v) is 5.00. The number of esters is 1. The molecular weight excluding hydrogens is 645 g/mol. The number of phosphoric ester groups is 1. The number of rotatable bonds is 33. The molecule has 0 aliphatic heterocycles. The predicted molar refractivity (Wildman–Crippen MR) is 198 cm³/mol. The Morgan fingerprint density at radius 2 is 1.12 bits per heavy atom. The van der Waals surface area contributed by atoms with Gasteiger partial charge in [-0.3, -0.25) is 18.6 Å². The Morgan fingerprint density at radius 1 is 0.653 bits per heavy atom. The van der Waals surface area contributed by atoms with E-state index in [1.54, 1.807) is 0 Å². The molecule has 0 rings (SSSR count). The Morgan fingerprint density at radius 3 is 1.65 bits per heavy atom. The van der Waals surface area contributed by atoms with Gasteiger partial charge in [0.1, 0.15) is 12.1 Å². The summed E-state index contributed by atoms with van der Waals surface area (Å²) in [6.07, 6.45) is 39.6. The molecule has 280 valence electrons. The van der Waals surface area contributed by atoms with Gasteiger partial charge in [-0.05, 0) is 77.0 Å². The Balaban J connectivity index is 4.45. The third-order valence-corrected chi connectivity index (χ3v) is 7.93. The lowest BCUT2D eigenvalue weighted by atomic mass is 10.1. The van der Waals surface area contributed by atoms with E-state index in [1.807, 2.05) is 0 Å².